The molecule has 1 aliphatic heterocycles. The van der Waals surface area contributed by atoms with Crippen LogP contribution in [-0.4, -0.2) is 20.6 Å². The van der Waals surface area contributed by atoms with Crippen LogP contribution >= 0.6 is 0 Å². The van der Waals surface area contributed by atoms with E-state index in [1.165, 1.54) is 4.57 Å². The predicted molar refractivity (Wildman–Crippen MR) is 94.5 cm³/mol. The van der Waals surface area contributed by atoms with Crippen LogP contribution in [-0.2, 0) is 28.3 Å². The molecule has 2 aromatic heterocycles. The summed E-state index contributed by atoms with van der Waals surface area (Å²) in [5.74, 6) is -0.718. The Kier molecular flexibility index (Phi) is 2.95. The summed E-state index contributed by atoms with van der Waals surface area (Å²) in [7, 11) is 0. The van der Waals surface area contributed by atoms with Gasteiger partial charge in [0.05, 0.1) is 16.9 Å². The van der Waals surface area contributed by atoms with Crippen molar-refractivity contribution in [3.63, 3.8) is 0 Å². The van der Waals surface area contributed by atoms with E-state index in [4.69, 9.17) is 9.72 Å². The molecule has 3 heterocycles. The normalized spacial score (nSPS) is 20.5. The Bertz CT molecular complexity index is 1160. The molecule has 0 spiro atoms. The number of aliphatic hydroxyl groups is 1. The van der Waals surface area contributed by atoms with E-state index in [1.54, 1.807) is 13.0 Å². The van der Waals surface area contributed by atoms with Crippen LogP contribution in [0.2, 0.25) is 0 Å². The van der Waals surface area contributed by atoms with Crippen LogP contribution in [0.4, 0.5) is 0 Å². The number of benzene rings is 1. The Labute approximate surface area is 148 Å². The Morgan fingerprint density at radius 3 is 2.88 bits per heavy atom. The fraction of sp³-hybridized carbons (Fsp3) is 0.250. The summed E-state index contributed by atoms with van der Waals surface area (Å²) in [5, 5.41) is 11.8. The summed E-state index contributed by atoms with van der Waals surface area (Å²) in [6.07, 6.45) is 0.613. The molecule has 1 N–H and O–H groups in total. The smallest absolute Gasteiger partial charge is 0.346 e. The quantitative estimate of drug-likeness (QED) is 0.533. The molecule has 5 rings (SSSR count). The van der Waals surface area contributed by atoms with Crippen LogP contribution in [0.15, 0.2) is 41.2 Å². The van der Waals surface area contributed by atoms with Crippen molar-refractivity contribution in [3.8, 4) is 11.3 Å². The third-order valence-electron chi connectivity index (χ3n) is 5.42. The highest BCUT2D eigenvalue weighted by Gasteiger charge is 2.45. The maximum Gasteiger partial charge on any atom is 0.346 e. The van der Waals surface area contributed by atoms with Crippen molar-refractivity contribution in [1.82, 2.24) is 9.55 Å². The van der Waals surface area contributed by atoms with Crippen LogP contribution in [0.5, 0.6) is 0 Å². The average molecular weight is 348 g/mol. The monoisotopic (exact) mass is 348 g/mol. The predicted octanol–water partition coefficient (Wildman–Crippen LogP) is 2.08. The number of pyridine rings is 2. The maximum atomic E-state index is 13.0. The molecule has 3 aromatic rings. The van der Waals surface area contributed by atoms with Crippen LogP contribution in [0.25, 0.3) is 22.2 Å². The lowest BCUT2D eigenvalue weighted by molar-refractivity contribution is -0.179. The van der Waals surface area contributed by atoms with Gasteiger partial charge in [0, 0.05) is 22.9 Å². The maximum absolute atomic E-state index is 13.0. The summed E-state index contributed by atoms with van der Waals surface area (Å²) in [5.41, 5.74) is 2.13. The molecule has 2 aliphatic rings. The number of nitrogens with zero attached hydrogens (tertiary/aromatic N) is 2. The summed E-state index contributed by atoms with van der Waals surface area (Å²) in [6.45, 7) is 1.52. The van der Waals surface area contributed by atoms with Gasteiger partial charge in [0.15, 0.2) is 6.73 Å². The van der Waals surface area contributed by atoms with Gasteiger partial charge in [0.1, 0.15) is 0 Å². The molecule has 0 saturated carbocycles. The molecular weight excluding hydrogens is 332 g/mol. The fourth-order valence-electron chi connectivity index (χ4n) is 3.93. The molecule has 26 heavy (non-hydrogen) atoms. The van der Waals surface area contributed by atoms with Gasteiger partial charge in [-0.1, -0.05) is 25.1 Å². The first kappa shape index (κ1) is 15.3. The van der Waals surface area contributed by atoms with Crippen molar-refractivity contribution in [2.75, 3.05) is 0 Å². The average Bonchev–Trinajstić information content (AvgIpc) is 3.01. The molecule has 0 radical (unpaired) electrons. The van der Waals surface area contributed by atoms with Gasteiger partial charge in [-0.3, -0.25) is 9.36 Å². The highest BCUT2D eigenvalue weighted by molar-refractivity contribution is 5.87. The number of fused-ring (bicyclic) bond motifs is 5. The molecule has 130 valence electrons. The largest absolute Gasteiger partial charge is 0.441 e. The lowest BCUT2D eigenvalue weighted by Crippen LogP contribution is -2.47. The Balaban J connectivity index is 1.81. The third-order valence-corrected chi connectivity index (χ3v) is 5.42. The van der Waals surface area contributed by atoms with Gasteiger partial charge in [-0.15, -0.1) is 0 Å². The standard InChI is InChI=1S/C20H16N2O4/c1-2-20(25)16-9-13-14(18(23)22(16)10-26-19(20)24)8-12-7-11-5-3-4-6-15(11)21-17(12)13/h3-7,9,25H,2,8,10H2,1H3/t20-/m0/s1. The van der Waals surface area contributed by atoms with Crippen molar-refractivity contribution in [2.45, 2.75) is 32.1 Å². The number of para-hydroxylation sites is 1. The Hall–Kier alpha value is -2.99. The van der Waals surface area contributed by atoms with Gasteiger partial charge < -0.3 is 9.84 Å². The van der Waals surface area contributed by atoms with Crippen molar-refractivity contribution in [1.29, 1.82) is 0 Å². The van der Waals surface area contributed by atoms with E-state index in [0.29, 0.717) is 17.5 Å². The van der Waals surface area contributed by atoms with Gasteiger partial charge in [0.2, 0.25) is 5.60 Å². The number of cyclic esters (lactones) is 1. The SMILES string of the molecule is CC[C@@]1(O)C(=O)OCn2c1cc1c(c2=O)Cc2cc3ccccc3nc2-1. The highest BCUT2D eigenvalue weighted by Crippen LogP contribution is 2.39. The summed E-state index contributed by atoms with van der Waals surface area (Å²) in [6, 6.07) is 11.6. The van der Waals surface area contributed by atoms with Crippen molar-refractivity contribution in [2.24, 2.45) is 0 Å². The van der Waals surface area contributed by atoms with Crippen molar-refractivity contribution in [3.05, 3.63) is 63.6 Å². The van der Waals surface area contributed by atoms with Crippen LogP contribution in [0.3, 0.4) is 0 Å². The molecule has 0 saturated heterocycles. The molecule has 0 amide bonds. The lowest BCUT2D eigenvalue weighted by atomic mass is 9.92. The van der Waals surface area contributed by atoms with E-state index in [1.807, 2.05) is 24.3 Å². The molecule has 6 nitrogen and oxygen atoms in total. The topological polar surface area (TPSA) is 81.4 Å². The minimum Gasteiger partial charge on any atom is -0.441 e. The van der Waals surface area contributed by atoms with Gasteiger partial charge >= 0.3 is 5.97 Å². The van der Waals surface area contributed by atoms with Crippen molar-refractivity contribution >= 4 is 16.9 Å². The second-order valence-electron chi connectivity index (χ2n) is 6.80. The van der Waals surface area contributed by atoms with E-state index >= 15 is 0 Å². The second kappa shape index (κ2) is 5.02. The molecule has 1 aliphatic carbocycles. The number of aromatic nitrogens is 2. The van der Waals surface area contributed by atoms with Crippen LogP contribution < -0.4 is 5.56 Å². The molecule has 6 heteroatoms. The summed E-state index contributed by atoms with van der Waals surface area (Å²) < 4.78 is 6.41. The van der Waals surface area contributed by atoms with Crippen LogP contribution in [0, 0.1) is 0 Å². The Morgan fingerprint density at radius 2 is 2.08 bits per heavy atom. The van der Waals surface area contributed by atoms with Crippen LogP contribution in [0.1, 0.15) is 30.2 Å². The number of carbonyl (C=O) groups is 1. The number of rotatable bonds is 1. The number of hydrogen-bond donors (Lipinski definition) is 1. The van der Waals surface area contributed by atoms with Crippen molar-refractivity contribution < 1.29 is 14.6 Å². The molecule has 0 fully saturated rings. The van der Waals surface area contributed by atoms with Gasteiger partial charge in [-0.25, -0.2) is 9.78 Å². The first-order valence-electron chi connectivity index (χ1n) is 8.59. The zero-order valence-corrected chi connectivity index (χ0v) is 14.2. The number of carbonyl (C=O) groups excluding carboxylic acids is 1. The Morgan fingerprint density at radius 1 is 1.27 bits per heavy atom. The van der Waals surface area contributed by atoms with E-state index in [-0.39, 0.29) is 24.4 Å². The lowest BCUT2D eigenvalue weighted by Gasteiger charge is -2.32. The van der Waals surface area contributed by atoms with E-state index < -0.39 is 11.6 Å². The zero-order valence-electron chi connectivity index (χ0n) is 14.2. The number of esters is 1. The van der Waals surface area contributed by atoms with E-state index in [0.717, 1.165) is 22.2 Å². The zero-order chi connectivity index (χ0) is 18.1. The van der Waals surface area contributed by atoms with Gasteiger partial charge in [-0.05, 0) is 30.2 Å². The number of hydrogen-bond acceptors (Lipinski definition) is 5. The highest BCUT2D eigenvalue weighted by atomic mass is 16.6. The summed E-state index contributed by atoms with van der Waals surface area (Å²) in [4.78, 5) is 29.9. The molecule has 1 aromatic carbocycles. The minimum absolute atomic E-state index is 0.127. The molecule has 0 bridgehead atoms. The summed E-state index contributed by atoms with van der Waals surface area (Å²) >= 11 is 0. The molecule has 1 atom stereocenters. The van der Waals surface area contributed by atoms with Gasteiger partial charge in [-0.2, -0.15) is 0 Å². The molecular formula is C20H16N2O4. The van der Waals surface area contributed by atoms with E-state index in [9.17, 15) is 14.7 Å². The number of ether oxygens (including phenoxy) is 1. The van der Waals surface area contributed by atoms with E-state index in [2.05, 4.69) is 6.07 Å². The first-order chi connectivity index (χ1) is 12.5. The van der Waals surface area contributed by atoms with Gasteiger partial charge in [0.25, 0.3) is 5.56 Å². The fourth-order valence-corrected chi connectivity index (χ4v) is 3.93. The molecule has 0 unspecified atom stereocenters. The third kappa shape index (κ3) is 1.82. The second-order valence-corrected chi connectivity index (χ2v) is 6.80. The first-order valence-corrected chi connectivity index (χ1v) is 8.59. The minimum atomic E-state index is -1.81.